The smallest absolute Gasteiger partial charge is 0.250 e. The van der Waals surface area contributed by atoms with Gasteiger partial charge in [-0.2, -0.15) is 5.10 Å². The lowest BCUT2D eigenvalue weighted by atomic mass is 10.1. The van der Waals surface area contributed by atoms with Crippen LogP contribution in [0.3, 0.4) is 0 Å². The van der Waals surface area contributed by atoms with Crippen molar-refractivity contribution < 1.29 is 9.90 Å². The molecule has 132 valence electrons. The van der Waals surface area contributed by atoms with Crippen molar-refractivity contribution in [1.29, 1.82) is 0 Å². The fourth-order valence-electron chi connectivity index (χ4n) is 2.61. The van der Waals surface area contributed by atoms with Gasteiger partial charge in [0.2, 0.25) is 5.91 Å². The topological polar surface area (TPSA) is 61.7 Å². The maximum Gasteiger partial charge on any atom is 0.250 e. The van der Waals surface area contributed by atoms with E-state index in [1.807, 2.05) is 18.2 Å². The molecular formula is C21H20N2O2S. The molecule has 0 spiro atoms. The number of hydrogen-bond donors (Lipinski definition) is 2. The summed E-state index contributed by atoms with van der Waals surface area (Å²) in [5.41, 5.74) is 4.90. The summed E-state index contributed by atoms with van der Waals surface area (Å²) in [6.07, 6.45) is 0. The van der Waals surface area contributed by atoms with E-state index in [2.05, 4.69) is 40.9 Å². The summed E-state index contributed by atoms with van der Waals surface area (Å²) in [4.78, 5) is 12.0. The second-order valence-electron chi connectivity index (χ2n) is 5.92. The average Bonchev–Trinajstić information content (AvgIpc) is 2.66. The van der Waals surface area contributed by atoms with Crippen molar-refractivity contribution in [2.75, 3.05) is 5.75 Å². The fraction of sp³-hybridized carbons (Fsp3) is 0.143. The van der Waals surface area contributed by atoms with Gasteiger partial charge in [-0.25, -0.2) is 5.43 Å². The van der Waals surface area contributed by atoms with Crippen molar-refractivity contribution in [2.24, 2.45) is 5.10 Å². The molecule has 0 radical (unpaired) electrons. The van der Waals surface area contributed by atoms with Crippen LogP contribution in [0, 0.1) is 0 Å². The largest absolute Gasteiger partial charge is 0.507 e. The molecule has 26 heavy (non-hydrogen) atoms. The van der Waals surface area contributed by atoms with Crippen LogP contribution in [-0.2, 0) is 10.5 Å². The molecule has 0 saturated heterocycles. The minimum Gasteiger partial charge on any atom is -0.507 e. The van der Waals surface area contributed by atoms with Gasteiger partial charge < -0.3 is 5.11 Å². The molecule has 0 aliphatic rings. The van der Waals surface area contributed by atoms with Crippen LogP contribution >= 0.6 is 11.8 Å². The van der Waals surface area contributed by atoms with Crippen LogP contribution in [0.2, 0.25) is 0 Å². The third kappa shape index (κ3) is 4.64. The Kier molecular flexibility index (Phi) is 5.92. The van der Waals surface area contributed by atoms with Crippen LogP contribution in [-0.4, -0.2) is 22.5 Å². The lowest BCUT2D eigenvalue weighted by molar-refractivity contribution is -0.118. The number of carbonyl (C=O) groups excluding carboxylic acids is 1. The number of benzene rings is 3. The van der Waals surface area contributed by atoms with E-state index in [9.17, 15) is 9.90 Å². The van der Waals surface area contributed by atoms with E-state index < -0.39 is 0 Å². The summed E-state index contributed by atoms with van der Waals surface area (Å²) in [7, 11) is 0. The molecule has 0 unspecified atom stereocenters. The molecule has 3 aromatic rings. The highest BCUT2D eigenvalue weighted by atomic mass is 32.2. The summed E-state index contributed by atoms with van der Waals surface area (Å²) >= 11 is 1.54. The number of phenolic OH excluding ortho intramolecular Hbond substituents is 1. The maximum atomic E-state index is 12.0. The van der Waals surface area contributed by atoms with E-state index in [4.69, 9.17) is 0 Å². The van der Waals surface area contributed by atoms with Gasteiger partial charge in [-0.3, -0.25) is 4.79 Å². The summed E-state index contributed by atoms with van der Waals surface area (Å²) in [5, 5.41) is 16.3. The number of nitrogens with zero attached hydrogens (tertiary/aromatic N) is 1. The van der Waals surface area contributed by atoms with Crippen LogP contribution in [0.1, 0.15) is 18.1 Å². The van der Waals surface area contributed by atoms with E-state index in [1.54, 1.807) is 36.9 Å². The summed E-state index contributed by atoms with van der Waals surface area (Å²) in [6.45, 7) is 1.75. The molecule has 5 heteroatoms. The van der Waals surface area contributed by atoms with E-state index in [-0.39, 0.29) is 11.7 Å². The highest BCUT2D eigenvalue weighted by Gasteiger charge is 2.05. The first-order chi connectivity index (χ1) is 12.6. The van der Waals surface area contributed by atoms with Crippen molar-refractivity contribution in [3.8, 4) is 5.75 Å². The standard InChI is InChI=1S/C21H20N2O2S/c1-15(19-8-4-5-9-20(19)24)22-23-21(25)14-26-13-16-10-11-17-6-2-3-7-18(17)12-16/h2-12,24H,13-14H2,1H3,(H,23,25)/b22-15+. The van der Waals surface area contributed by atoms with Gasteiger partial charge in [0, 0.05) is 11.3 Å². The molecule has 0 aromatic heterocycles. The van der Waals surface area contributed by atoms with Gasteiger partial charge in [0.05, 0.1) is 11.5 Å². The van der Waals surface area contributed by atoms with Crippen LogP contribution in [0.15, 0.2) is 71.8 Å². The van der Waals surface area contributed by atoms with E-state index in [1.165, 1.54) is 16.3 Å². The zero-order valence-corrected chi connectivity index (χ0v) is 15.3. The summed E-state index contributed by atoms with van der Waals surface area (Å²) in [6, 6.07) is 21.5. The molecular weight excluding hydrogens is 344 g/mol. The third-order valence-electron chi connectivity index (χ3n) is 3.96. The van der Waals surface area contributed by atoms with Crippen molar-refractivity contribution in [3.63, 3.8) is 0 Å². The van der Waals surface area contributed by atoms with Gasteiger partial charge >= 0.3 is 0 Å². The Labute approximate surface area is 156 Å². The molecule has 0 aliphatic carbocycles. The first-order valence-electron chi connectivity index (χ1n) is 8.30. The van der Waals surface area contributed by atoms with Crippen molar-refractivity contribution in [3.05, 3.63) is 77.9 Å². The molecule has 1 amide bonds. The highest BCUT2D eigenvalue weighted by Crippen LogP contribution is 2.19. The Hall–Kier alpha value is -2.79. The number of hydrogen-bond acceptors (Lipinski definition) is 4. The lowest BCUT2D eigenvalue weighted by Gasteiger charge is -2.05. The zero-order chi connectivity index (χ0) is 18.4. The summed E-state index contributed by atoms with van der Waals surface area (Å²) in [5.74, 6) is 1.07. The molecule has 0 aliphatic heterocycles. The number of thioether (sulfide) groups is 1. The molecule has 0 atom stereocenters. The van der Waals surface area contributed by atoms with Crippen molar-refractivity contribution >= 4 is 34.2 Å². The fourth-order valence-corrected chi connectivity index (χ4v) is 3.38. The first kappa shape index (κ1) is 18.0. The number of aromatic hydroxyl groups is 1. The van der Waals surface area contributed by atoms with Crippen LogP contribution in [0.4, 0.5) is 0 Å². The number of hydrazone groups is 1. The van der Waals surface area contributed by atoms with Crippen LogP contribution in [0.5, 0.6) is 5.75 Å². The molecule has 3 aromatic carbocycles. The Morgan fingerprint density at radius 1 is 1.04 bits per heavy atom. The predicted molar refractivity (Wildman–Crippen MR) is 109 cm³/mol. The monoisotopic (exact) mass is 364 g/mol. The van der Waals surface area contributed by atoms with E-state index >= 15 is 0 Å². The quantitative estimate of drug-likeness (QED) is 0.506. The van der Waals surface area contributed by atoms with Crippen molar-refractivity contribution in [2.45, 2.75) is 12.7 Å². The number of rotatable bonds is 6. The molecule has 3 rings (SSSR count). The van der Waals surface area contributed by atoms with Crippen molar-refractivity contribution in [1.82, 2.24) is 5.43 Å². The number of fused-ring (bicyclic) bond motifs is 1. The lowest BCUT2D eigenvalue weighted by Crippen LogP contribution is -2.21. The molecule has 2 N–H and O–H groups in total. The molecule has 0 bridgehead atoms. The van der Waals surface area contributed by atoms with E-state index in [0.29, 0.717) is 17.0 Å². The van der Waals surface area contributed by atoms with E-state index in [0.717, 1.165) is 5.75 Å². The number of amides is 1. The Morgan fingerprint density at radius 2 is 1.77 bits per heavy atom. The van der Waals surface area contributed by atoms with Gasteiger partial charge in [-0.15, -0.1) is 11.8 Å². The maximum absolute atomic E-state index is 12.0. The van der Waals surface area contributed by atoms with Gasteiger partial charge in [0.1, 0.15) is 5.75 Å². The SMILES string of the molecule is C/C(=N\NC(=O)CSCc1ccc2ccccc2c1)c1ccccc1O. The summed E-state index contributed by atoms with van der Waals surface area (Å²) < 4.78 is 0. The molecule has 0 saturated carbocycles. The van der Waals surface area contributed by atoms with Gasteiger partial charge in [-0.1, -0.05) is 54.6 Å². The van der Waals surface area contributed by atoms with Gasteiger partial charge in [0.15, 0.2) is 0 Å². The predicted octanol–water partition coefficient (Wildman–Crippen LogP) is 4.32. The third-order valence-corrected chi connectivity index (χ3v) is 4.96. The zero-order valence-electron chi connectivity index (χ0n) is 14.5. The highest BCUT2D eigenvalue weighted by molar-refractivity contribution is 7.99. The minimum absolute atomic E-state index is 0.147. The molecule has 0 heterocycles. The van der Waals surface area contributed by atoms with Gasteiger partial charge in [-0.05, 0) is 35.4 Å². The second kappa shape index (κ2) is 8.54. The number of para-hydroxylation sites is 1. The molecule has 4 nitrogen and oxygen atoms in total. The van der Waals surface area contributed by atoms with Gasteiger partial charge in [0.25, 0.3) is 0 Å². The Balaban J connectivity index is 1.50. The molecule has 0 fully saturated rings. The first-order valence-corrected chi connectivity index (χ1v) is 9.46. The number of phenols is 1. The van der Waals surface area contributed by atoms with Crippen LogP contribution in [0.25, 0.3) is 10.8 Å². The Morgan fingerprint density at radius 3 is 2.58 bits per heavy atom. The Bertz CT molecular complexity index is 953. The van der Waals surface area contributed by atoms with Crippen LogP contribution < -0.4 is 5.43 Å². The second-order valence-corrected chi connectivity index (χ2v) is 6.91. The normalized spacial score (nSPS) is 11.5. The number of nitrogens with one attached hydrogen (secondary N) is 1. The minimum atomic E-state index is -0.162. The average molecular weight is 364 g/mol. The number of carbonyl (C=O) groups is 1.